The molecular weight excluding hydrogens is 145 g/mol. The Balaban J connectivity index is 3.35. The van der Waals surface area contributed by atoms with Gasteiger partial charge in [0.05, 0.1) is 12.0 Å². The zero-order chi connectivity index (χ0) is 6.57. The maximum absolute atomic E-state index is 5.50. The van der Waals surface area contributed by atoms with Gasteiger partial charge in [0.2, 0.25) is 0 Å². The van der Waals surface area contributed by atoms with E-state index in [-0.39, 0.29) is 0 Å². The molecule has 0 bridgehead atoms. The van der Waals surface area contributed by atoms with Gasteiger partial charge in [-0.05, 0) is 13.8 Å². The number of hydrogen-bond acceptors (Lipinski definition) is 1. The van der Waals surface area contributed by atoms with Gasteiger partial charge < -0.3 is 0 Å². The van der Waals surface area contributed by atoms with E-state index in [1.165, 1.54) is 0 Å². The quantitative estimate of drug-likeness (QED) is 0.446. The minimum Gasteiger partial charge on any atom is -0.274 e. The Kier molecular flexibility index (Phi) is 4.72. The molecule has 0 aliphatic heterocycles. The van der Waals surface area contributed by atoms with E-state index in [9.17, 15) is 0 Å². The molecule has 0 aliphatic carbocycles. The van der Waals surface area contributed by atoms with E-state index in [1.54, 1.807) is 0 Å². The summed E-state index contributed by atoms with van der Waals surface area (Å²) in [5.41, 5.74) is 0. The fourth-order valence-corrected chi connectivity index (χ4v) is 1.12. The third-order valence-corrected chi connectivity index (χ3v) is 1.65. The third kappa shape index (κ3) is 2.75. The van der Waals surface area contributed by atoms with Crippen molar-refractivity contribution in [1.29, 1.82) is 0 Å². The van der Waals surface area contributed by atoms with Crippen molar-refractivity contribution in [1.82, 2.24) is 4.90 Å². The van der Waals surface area contributed by atoms with Crippen LogP contribution in [0.15, 0.2) is 0 Å². The normalized spacial score (nSPS) is 11.2. The largest absolute Gasteiger partial charge is 0.274 e. The minimum absolute atomic E-state index is 0.449. The second kappa shape index (κ2) is 4.42. The van der Waals surface area contributed by atoms with Crippen LogP contribution in [0.5, 0.6) is 0 Å². The Labute approximate surface area is 60.6 Å². The number of nitrogens with zero attached hydrogens (tertiary/aromatic N) is 1. The van der Waals surface area contributed by atoms with Gasteiger partial charge in [0.25, 0.3) is 0 Å². The average molecular weight is 156 g/mol. The predicted octanol–water partition coefficient (Wildman–Crippen LogP) is 2.09. The van der Waals surface area contributed by atoms with E-state index < -0.39 is 0 Å². The molecule has 0 fully saturated rings. The molecule has 0 amide bonds. The van der Waals surface area contributed by atoms with Gasteiger partial charge in [-0.1, -0.05) is 0 Å². The van der Waals surface area contributed by atoms with Crippen molar-refractivity contribution in [2.75, 3.05) is 12.0 Å². The van der Waals surface area contributed by atoms with E-state index in [4.69, 9.17) is 23.2 Å². The monoisotopic (exact) mass is 155 g/mol. The summed E-state index contributed by atoms with van der Waals surface area (Å²) in [6.45, 7) is 4.12. The summed E-state index contributed by atoms with van der Waals surface area (Å²) in [7, 11) is 0. The summed E-state index contributed by atoms with van der Waals surface area (Å²) < 4.78 is 0. The van der Waals surface area contributed by atoms with Crippen LogP contribution in [0.25, 0.3) is 0 Å². The highest BCUT2D eigenvalue weighted by atomic mass is 35.5. The smallest absolute Gasteiger partial charge is 0.0750 e. The molecule has 1 nitrogen and oxygen atoms in total. The summed E-state index contributed by atoms with van der Waals surface area (Å²) in [6, 6.07) is 1.48. The van der Waals surface area contributed by atoms with Crippen LogP contribution in [-0.4, -0.2) is 22.9 Å². The molecule has 0 rings (SSSR count). The molecule has 0 saturated heterocycles. The maximum atomic E-state index is 5.50. The lowest BCUT2D eigenvalue weighted by Gasteiger charge is -2.19. The first-order valence-electron chi connectivity index (χ1n) is 2.58. The molecule has 0 unspecified atom stereocenters. The average Bonchev–Trinajstić information content (AvgIpc) is 1.69. The van der Waals surface area contributed by atoms with Gasteiger partial charge in [-0.15, -0.1) is 23.2 Å². The Morgan fingerprint density at radius 1 is 1.25 bits per heavy atom. The molecule has 0 spiro atoms. The Morgan fingerprint density at radius 2 is 1.62 bits per heavy atom. The van der Waals surface area contributed by atoms with Crippen molar-refractivity contribution in [3.8, 4) is 0 Å². The summed E-state index contributed by atoms with van der Waals surface area (Å²) in [5, 5.41) is 0. The molecule has 3 heteroatoms. The lowest BCUT2D eigenvalue weighted by molar-refractivity contribution is 0.302. The molecular formula is C5H11Cl2N. The van der Waals surface area contributed by atoms with Crippen molar-refractivity contribution in [2.24, 2.45) is 0 Å². The first kappa shape index (κ1) is 8.54. The van der Waals surface area contributed by atoms with E-state index >= 15 is 0 Å². The summed E-state index contributed by atoms with van der Waals surface area (Å²) >= 11 is 11.0. The first-order chi connectivity index (χ1) is 3.72. The molecule has 0 N–H and O–H groups in total. The standard InChI is InChI=1S/C5H11Cl2N/c1-5(2)8(3-6)4-7/h5H,3-4H2,1-2H3. The molecule has 0 radical (unpaired) electrons. The molecule has 0 aliphatic rings. The number of halogens is 2. The van der Waals surface area contributed by atoms with Crippen molar-refractivity contribution >= 4 is 23.2 Å². The van der Waals surface area contributed by atoms with Crippen molar-refractivity contribution in [3.63, 3.8) is 0 Å². The van der Waals surface area contributed by atoms with E-state index in [0.29, 0.717) is 18.0 Å². The van der Waals surface area contributed by atoms with Crippen LogP contribution >= 0.6 is 23.2 Å². The zero-order valence-corrected chi connectivity index (χ0v) is 6.71. The minimum atomic E-state index is 0.449. The molecule has 0 saturated carbocycles. The van der Waals surface area contributed by atoms with Gasteiger partial charge in [0.1, 0.15) is 0 Å². The molecule has 0 aromatic rings. The lowest BCUT2D eigenvalue weighted by Crippen LogP contribution is -2.27. The highest BCUT2D eigenvalue weighted by Crippen LogP contribution is 1.99. The van der Waals surface area contributed by atoms with Crippen LogP contribution < -0.4 is 0 Å². The lowest BCUT2D eigenvalue weighted by atomic mass is 10.4. The first-order valence-corrected chi connectivity index (χ1v) is 3.65. The van der Waals surface area contributed by atoms with Gasteiger partial charge in [0.15, 0.2) is 0 Å². The topological polar surface area (TPSA) is 3.24 Å². The van der Waals surface area contributed by atoms with Gasteiger partial charge in [-0.2, -0.15) is 0 Å². The van der Waals surface area contributed by atoms with Crippen molar-refractivity contribution in [2.45, 2.75) is 19.9 Å². The van der Waals surface area contributed by atoms with Crippen LogP contribution in [0.3, 0.4) is 0 Å². The van der Waals surface area contributed by atoms with Crippen LogP contribution in [0, 0.1) is 0 Å². The fourth-order valence-electron chi connectivity index (χ4n) is 0.308. The Morgan fingerprint density at radius 3 is 1.62 bits per heavy atom. The molecule has 0 aromatic heterocycles. The van der Waals surface area contributed by atoms with Crippen LogP contribution in [0.2, 0.25) is 0 Å². The Hall–Kier alpha value is 0.540. The van der Waals surface area contributed by atoms with Crippen molar-refractivity contribution < 1.29 is 0 Å². The fraction of sp³-hybridized carbons (Fsp3) is 1.00. The summed E-state index contributed by atoms with van der Waals surface area (Å²) in [5.74, 6) is 0. The predicted molar refractivity (Wildman–Crippen MR) is 38.4 cm³/mol. The molecule has 50 valence electrons. The maximum Gasteiger partial charge on any atom is 0.0750 e. The summed E-state index contributed by atoms with van der Waals surface area (Å²) in [6.07, 6.45) is 0. The molecule has 0 heterocycles. The van der Waals surface area contributed by atoms with Gasteiger partial charge in [0, 0.05) is 6.04 Å². The highest BCUT2D eigenvalue weighted by molar-refractivity contribution is 6.20. The SMILES string of the molecule is CC(C)N(CCl)CCl. The van der Waals surface area contributed by atoms with E-state index in [1.807, 2.05) is 4.90 Å². The van der Waals surface area contributed by atoms with E-state index in [0.717, 1.165) is 0 Å². The van der Waals surface area contributed by atoms with E-state index in [2.05, 4.69) is 13.8 Å². The van der Waals surface area contributed by atoms with Crippen LogP contribution in [0.4, 0.5) is 0 Å². The molecule has 0 aromatic carbocycles. The van der Waals surface area contributed by atoms with Crippen molar-refractivity contribution in [3.05, 3.63) is 0 Å². The van der Waals surface area contributed by atoms with Gasteiger partial charge in [-0.25, -0.2) is 0 Å². The number of hydrogen-bond donors (Lipinski definition) is 0. The summed E-state index contributed by atoms with van der Waals surface area (Å²) in [4.78, 5) is 1.95. The molecule has 0 atom stereocenters. The zero-order valence-electron chi connectivity index (χ0n) is 5.19. The van der Waals surface area contributed by atoms with Gasteiger partial charge >= 0.3 is 0 Å². The van der Waals surface area contributed by atoms with Gasteiger partial charge in [-0.3, -0.25) is 4.90 Å². The second-order valence-electron chi connectivity index (χ2n) is 1.92. The third-order valence-electron chi connectivity index (χ3n) is 1.04. The van der Waals surface area contributed by atoms with Crippen LogP contribution in [-0.2, 0) is 0 Å². The Bertz CT molecular complexity index is 52.4. The number of alkyl halides is 2. The molecule has 8 heavy (non-hydrogen) atoms. The highest BCUT2D eigenvalue weighted by Gasteiger charge is 2.03. The van der Waals surface area contributed by atoms with Crippen LogP contribution in [0.1, 0.15) is 13.8 Å². The second-order valence-corrected chi connectivity index (χ2v) is 2.40. The number of rotatable bonds is 3.